The summed E-state index contributed by atoms with van der Waals surface area (Å²) in [5, 5.41) is 3.26. The molecule has 8 heteroatoms. The fourth-order valence-electron chi connectivity index (χ4n) is 4.79. The fourth-order valence-corrected chi connectivity index (χ4v) is 4.79. The van der Waals surface area contributed by atoms with E-state index in [4.69, 9.17) is 4.74 Å². The zero-order chi connectivity index (χ0) is 24.5. The van der Waals surface area contributed by atoms with Crippen LogP contribution >= 0.6 is 0 Å². The molecule has 2 aliphatic heterocycles. The first-order valence-corrected chi connectivity index (χ1v) is 12.0. The van der Waals surface area contributed by atoms with Gasteiger partial charge >= 0.3 is 0 Å². The minimum absolute atomic E-state index is 0.0661. The molecule has 0 radical (unpaired) electrons. The maximum Gasteiger partial charge on any atom is 0.178 e. The Bertz CT molecular complexity index is 1230. The highest BCUT2D eigenvalue weighted by atomic mass is 19.1. The van der Waals surface area contributed by atoms with E-state index in [0.717, 1.165) is 31.7 Å². The Morgan fingerprint density at radius 1 is 0.914 bits per heavy atom. The predicted molar refractivity (Wildman–Crippen MR) is 132 cm³/mol. The van der Waals surface area contributed by atoms with Crippen LogP contribution in [0.4, 0.5) is 24.5 Å². The van der Waals surface area contributed by atoms with Gasteiger partial charge < -0.3 is 19.9 Å². The Balaban J connectivity index is 1.43. The number of benzene rings is 2. The van der Waals surface area contributed by atoms with E-state index in [2.05, 4.69) is 10.3 Å². The number of nitrogens with zero attached hydrogens (tertiary/aromatic N) is 3. The number of anilines is 2. The van der Waals surface area contributed by atoms with Crippen molar-refractivity contribution in [2.45, 2.75) is 26.3 Å². The van der Waals surface area contributed by atoms with Crippen molar-refractivity contribution < 1.29 is 17.9 Å². The van der Waals surface area contributed by atoms with Crippen molar-refractivity contribution in [3.63, 3.8) is 0 Å². The Morgan fingerprint density at radius 2 is 1.71 bits per heavy atom. The summed E-state index contributed by atoms with van der Waals surface area (Å²) in [5.41, 5.74) is 2.91. The topological polar surface area (TPSA) is 40.6 Å². The Kier molecular flexibility index (Phi) is 6.56. The van der Waals surface area contributed by atoms with Crippen molar-refractivity contribution in [1.82, 2.24) is 10.3 Å². The molecule has 0 amide bonds. The second kappa shape index (κ2) is 9.77. The third-order valence-corrected chi connectivity index (χ3v) is 6.57. The molecule has 184 valence electrons. The van der Waals surface area contributed by atoms with Crippen LogP contribution < -0.4 is 19.9 Å². The quantitative estimate of drug-likeness (QED) is 0.567. The van der Waals surface area contributed by atoms with Gasteiger partial charge in [0.05, 0.1) is 17.9 Å². The van der Waals surface area contributed by atoms with Crippen LogP contribution in [0.1, 0.15) is 25.1 Å². The van der Waals surface area contributed by atoms with Gasteiger partial charge in [-0.15, -0.1) is 0 Å². The van der Waals surface area contributed by atoms with E-state index in [1.54, 1.807) is 18.2 Å². The van der Waals surface area contributed by atoms with Crippen LogP contribution in [0, 0.1) is 17.5 Å². The van der Waals surface area contributed by atoms with Crippen LogP contribution in [0.5, 0.6) is 5.75 Å². The summed E-state index contributed by atoms with van der Waals surface area (Å²) in [7, 11) is 0. The van der Waals surface area contributed by atoms with E-state index in [-0.39, 0.29) is 23.3 Å². The zero-order valence-corrected chi connectivity index (χ0v) is 20.0. The summed E-state index contributed by atoms with van der Waals surface area (Å²) in [4.78, 5) is 8.56. The number of pyridine rings is 1. The first-order chi connectivity index (χ1) is 16.9. The normalized spacial score (nSPS) is 15.8. The maximum absolute atomic E-state index is 14.9. The summed E-state index contributed by atoms with van der Waals surface area (Å²) < 4.78 is 50.2. The molecule has 5 nitrogen and oxygen atoms in total. The van der Waals surface area contributed by atoms with Crippen molar-refractivity contribution in [2.75, 3.05) is 49.1 Å². The first kappa shape index (κ1) is 23.5. The Hall–Kier alpha value is -3.26. The molecule has 0 unspecified atom stereocenters. The molecule has 2 aromatic carbocycles. The van der Waals surface area contributed by atoms with E-state index in [1.165, 1.54) is 18.2 Å². The number of hydrogen-bond acceptors (Lipinski definition) is 5. The molecule has 3 aromatic rings. The van der Waals surface area contributed by atoms with E-state index in [9.17, 15) is 13.2 Å². The van der Waals surface area contributed by atoms with Crippen molar-refractivity contribution in [3.8, 4) is 17.0 Å². The summed E-state index contributed by atoms with van der Waals surface area (Å²) >= 11 is 0. The van der Waals surface area contributed by atoms with Crippen LogP contribution in [-0.4, -0.2) is 50.4 Å². The number of fused-ring (bicyclic) bond motifs is 1. The highest BCUT2D eigenvalue weighted by Crippen LogP contribution is 2.39. The van der Waals surface area contributed by atoms with Gasteiger partial charge in [-0.2, -0.15) is 0 Å². The van der Waals surface area contributed by atoms with Crippen molar-refractivity contribution in [1.29, 1.82) is 0 Å². The van der Waals surface area contributed by atoms with E-state index in [1.807, 2.05) is 29.7 Å². The summed E-state index contributed by atoms with van der Waals surface area (Å²) in [5.74, 6) is -1.18. The third kappa shape index (κ3) is 4.80. The largest absolute Gasteiger partial charge is 0.486 e. The molecule has 0 aliphatic carbocycles. The molecule has 3 heterocycles. The number of halogens is 3. The van der Waals surface area contributed by atoms with E-state index >= 15 is 0 Å². The third-order valence-electron chi connectivity index (χ3n) is 6.57. The first-order valence-electron chi connectivity index (χ1n) is 12.0. The molecule has 5 rings (SSSR count). The minimum Gasteiger partial charge on any atom is -0.486 e. The molecule has 0 spiro atoms. The lowest BCUT2D eigenvalue weighted by molar-refractivity contribution is 0.287. The van der Waals surface area contributed by atoms with E-state index < -0.39 is 11.6 Å². The monoisotopic (exact) mass is 482 g/mol. The molecule has 1 N–H and O–H groups in total. The lowest BCUT2D eigenvalue weighted by atomic mass is 10.0. The number of ether oxygens (including phenoxy) is 1. The van der Waals surface area contributed by atoms with Crippen LogP contribution in [0.25, 0.3) is 11.3 Å². The molecular weight excluding hydrogens is 453 g/mol. The molecule has 0 bridgehead atoms. The molecule has 1 fully saturated rings. The van der Waals surface area contributed by atoms with Gasteiger partial charge in [0.1, 0.15) is 23.9 Å². The van der Waals surface area contributed by atoms with Crippen molar-refractivity contribution in [2.24, 2.45) is 0 Å². The molecule has 1 aromatic heterocycles. The van der Waals surface area contributed by atoms with E-state index in [0.29, 0.717) is 42.2 Å². The maximum atomic E-state index is 14.9. The Labute approximate surface area is 203 Å². The minimum atomic E-state index is -0.542. The average molecular weight is 483 g/mol. The molecule has 2 aliphatic rings. The van der Waals surface area contributed by atoms with Gasteiger partial charge in [0, 0.05) is 49.9 Å². The average Bonchev–Trinajstić information content (AvgIpc) is 2.85. The summed E-state index contributed by atoms with van der Waals surface area (Å²) in [6, 6.07) is 11.2. The van der Waals surface area contributed by atoms with Gasteiger partial charge in [0.15, 0.2) is 11.6 Å². The van der Waals surface area contributed by atoms with Gasteiger partial charge in [0.25, 0.3) is 0 Å². The second-order valence-corrected chi connectivity index (χ2v) is 9.27. The Morgan fingerprint density at radius 3 is 2.46 bits per heavy atom. The van der Waals surface area contributed by atoms with Crippen LogP contribution in [0.15, 0.2) is 42.5 Å². The molecule has 0 saturated carbocycles. The molecular formula is C27H29F3N4O. The highest BCUT2D eigenvalue weighted by molar-refractivity contribution is 5.72. The lowest BCUT2D eigenvalue weighted by Gasteiger charge is -2.34. The smallest absolute Gasteiger partial charge is 0.178 e. The van der Waals surface area contributed by atoms with Crippen LogP contribution in [0.3, 0.4) is 0 Å². The number of piperazine rings is 1. The lowest BCUT2D eigenvalue weighted by Crippen LogP contribution is -2.43. The van der Waals surface area contributed by atoms with Crippen molar-refractivity contribution >= 4 is 11.4 Å². The second-order valence-electron chi connectivity index (χ2n) is 9.27. The number of aromatic nitrogens is 1. The van der Waals surface area contributed by atoms with Gasteiger partial charge in [-0.3, -0.25) is 0 Å². The van der Waals surface area contributed by atoms with Gasteiger partial charge in [-0.1, -0.05) is 6.07 Å². The van der Waals surface area contributed by atoms with Gasteiger partial charge in [0.2, 0.25) is 0 Å². The molecule has 35 heavy (non-hydrogen) atoms. The van der Waals surface area contributed by atoms with Crippen LogP contribution in [0.2, 0.25) is 0 Å². The number of nitrogens with one attached hydrogen (secondary N) is 1. The fraction of sp³-hybridized carbons (Fsp3) is 0.370. The number of rotatable bonds is 5. The predicted octanol–water partition coefficient (Wildman–Crippen LogP) is 4.77. The van der Waals surface area contributed by atoms with Gasteiger partial charge in [-0.25, -0.2) is 18.2 Å². The number of hydrogen-bond donors (Lipinski definition) is 1. The zero-order valence-electron chi connectivity index (χ0n) is 20.0. The highest BCUT2D eigenvalue weighted by Gasteiger charge is 2.25. The SMILES string of the molecule is CC(C)N1CCOc2c(F)cc(-c3nc(Cc4ccc(N5CCNCC5)c(F)c4)ccc3F)cc21. The van der Waals surface area contributed by atoms with Crippen molar-refractivity contribution in [3.05, 3.63) is 71.2 Å². The van der Waals surface area contributed by atoms with Gasteiger partial charge in [-0.05, 0) is 55.8 Å². The van der Waals surface area contributed by atoms with Crippen LogP contribution in [-0.2, 0) is 6.42 Å². The molecule has 0 atom stereocenters. The summed E-state index contributed by atoms with van der Waals surface area (Å²) in [6.45, 7) is 8.23. The standard InChI is InChI=1S/C27H29F3N4O/c1-17(2)34-11-12-35-27-23(30)15-19(16-25(27)34)26-21(28)5-4-20(32-26)13-18-3-6-24(22(29)14-18)33-9-7-31-8-10-33/h3-6,14-17,31H,7-13H2,1-2H3. The summed E-state index contributed by atoms with van der Waals surface area (Å²) in [6.07, 6.45) is 0.334. The molecule has 1 saturated heterocycles.